The van der Waals surface area contributed by atoms with Crippen molar-refractivity contribution in [3.63, 3.8) is 0 Å². The average Bonchev–Trinajstić information content (AvgIpc) is 3.12. The molecule has 3 rings (SSSR count). The number of benzene rings is 2. The van der Waals surface area contributed by atoms with Crippen LogP contribution in [0.4, 0.5) is 0 Å². The Balaban J connectivity index is 1.88. The number of nitrogens with zero attached hydrogens (tertiary/aromatic N) is 2. The first-order chi connectivity index (χ1) is 14.6. The van der Waals surface area contributed by atoms with Crippen LogP contribution in [0.25, 0.3) is 11.4 Å². The summed E-state index contributed by atoms with van der Waals surface area (Å²) in [6, 6.07) is 11.6. The van der Waals surface area contributed by atoms with E-state index in [1.165, 1.54) is 0 Å². The zero-order chi connectivity index (χ0) is 21.5. The molecule has 160 valence electrons. The second-order valence-electron chi connectivity index (χ2n) is 6.39. The first-order valence-corrected chi connectivity index (χ1v) is 10.9. The van der Waals surface area contributed by atoms with Crippen molar-refractivity contribution in [2.24, 2.45) is 0 Å². The fourth-order valence-corrected chi connectivity index (χ4v) is 3.58. The van der Waals surface area contributed by atoms with Gasteiger partial charge in [-0.05, 0) is 55.4 Å². The lowest BCUT2D eigenvalue weighted by Crippen LogP contribution is -2.16. The summed E-state index contributed by atoms with van der Waals surface area (Å²) >= 11 is 9.06. The minimum absolute atomic E-state index is 0.458. The fraction of sp³-hybridized carbons (Fsp3) is 0.333. The summed E-state index contributed by atoms with van der Waals surface area (Å²) in [4.78, 5) is 0. The lowest BCUT2D eigenvalue weighted by Gasteiger charge is -2.16. The maximum absolute atomic E-state index is 5.82. The summed E-state index contributed by atoms with van der Waals surface area (Å²) in [6.45, 7) is 5.71. The van der Waals surface area contributed by atoms with Gasteiger partial charge in [0, 0.05) is 4.47 Å². The summed E-state index contributed by atoms with van der Waals surface area (Å²) < 4.78 is 20.2. The number of hydrogen-bond acceptors (Lipinski definition) is 6. The predicted molar refractivity (Wildman–Crippen MR) is 124 cm³/mol. The Labute approximate surface area is 189 Å². The molecule has 0 aliphatic rings. The van der Waals surface area contributed by atoms with Crippen LogP contribution in [0.2, 0.25) is 0 Å². The zero-order valence-corrected chi connectivity index (χ0v) is 19.6. The number of nitrogens with one attached hydrogen (secondary N) is 2. The van der Waals surface area contributed by atoms with Crippen LogP contribution in [0.5, 0.6) is 17.2 Å². The number of H-pyrrole nitrogens is 1. The quantitative estimate of drug-likeness (QED) is 0.373. The topological polar surface area (TPSA) is 73.3 Å². The van der Waals surface area contributed by atoms with Crippen molar-refractivity contribution in [3.8, 4) is 28.6 Å². The highest BCUT2D eigenvalue weighted by Gasteiger charge is 2.15. The number of halogens is 1. The highest BCUT2D eigenvalue weighted by molar-refractivity contribution is 9.10. The van der Waals surface area contributed by atoms with Crippen LogP contribution < -0.4 is 19.6 Å². The van der Waals surface area contributed by atoms with E-state index in [4.69, 9.17) is 26.4 Å². The Morgan fingerprint density at radius 3 is 2.63 bits per heavy atom. The smallest absolute Gasteiger partial charge is 0.214 e. The fourth-order valence-electron chi connectivity index (χ4n) is 2.92. The molecule has 0 radical (unpaired) electrons. The molecule has 0 saturated heterocycles. The van der Waals surface area contributed by atoms with Gasteiger partial charge < -0.3 is 19.6 Å². The molecule has 2 aromatic carbocycles. The number of aromatic nitrogens is 3. The van der Waals surface area contributed by atoms with Gasteiger partial charge in [-0.25, -0.2) is 9.77 Å². The van der Waals surface area contributed by atoms with Crippen molar-refractivity contribution in [1.29, 1.82) is 0 Å². The third kappa shape index (κ3) is 4.96. The molecular formula is C21H25BrN4O3S. The number of para-hydroxylation sites is 1. The molecule has 0 bridgehead atoms. The molecule has 0 fully saturated rings. The van der Waals surface area contributed by atoms with Gasteiger partial charge in [-0.1, -0.05) is 35.0 Å². The van der Waals surface area contributed by atoms with Crippen molar-refractivity contribution in [3.05, 3.63) is 51.2 Å². The van der Waals surface area contributed by atoms with Crippen LogP contribution >= 0.6 is 28.1 Å². The Kier molecular flexibility index (Phi) is 7.75. The van der Waals surface area contributed by atoms with Gasteiger partial charge in [-0.15, -0.1) is 0 Å². The Morgan fingerprint density at radius 1 is 1.13 bits per heavy atom. The Bertz CT molecular complexity index is 1050. The number of methoxy groups -OCH3 is 1. The van der Waals surface area contributed by atoms with Crippen LogP contribution in [-0.2, 0) is 6.54 Å². The molecule has 0 unspecified atom stereocenters. The van der Waals surface area contributed by atoms with Gasteiger partial charge in [0.1, 0.15) is 5.75 Å². The molecule has 9 heteroatoms. The zero-order valence-electron chi connectivity index (χ0n) is 17.2. The van der Waals surface area contributed by atoms with Crippen molar-refractivity contribution in [2.75, 3.05) is 25.7 Å². The van der Waals surface area contributed by atoms with Gasteiger partial charge in [0.25, 0.3) is 0 Å². The molecule has 0 saturated carbocycles. The molecule has 1 heterocycles. The van der Waals surface area contributed by atoms with E-state index in [2.05, 4.69) is 38.5 Å². The number of rotatable bonds is 10. The molecule has 2 N–H and O–H groups in total. The standard InChI is InChI=1S/C21H25BrN4O3S/c1-4-10-29-19-12-16(22)14(11-18(19)28-5-2)13-23-26-20(24-25-21(26)30)15-8-6-7-9-17(15)27-3/h6-9,11-12,23H,4-5,10,13H2,1-3H3,(H,25,30). The van der Waals surface area contributed by atoms with Gasteiger partial charge in [0.05, 0.1) is 32.4 Å². The second kappa shape index (κ2) is 10.5. The minimum Gasteiger partial charge on any atom is -0.496 e. The number of aromatic amines is 1. The molecule has 0 aliphatic carbocycles. The van der Waals surface area contributed by atoms with Gasteiger partial charge in [-0.3, -0.25) is 0 Å². The van der Waals surface area contributed by atoms with E-state index in [1.807, 2.05) is 43.3 Å². The van der Waals surface area contributed by atoms with E-state index in [0.29, 0.717) is 41.9 Å². The monoisotopic (exact) mass is 492 g/mol. The SMILES string of the molecule is CCCOc1cc(Br)c(CNn2c(-c3ccccc3OC)n[nH]c2=S)cc1OCC. The Morgan fingerprint density at radius 2 is 1.90 bits per heavy atom. The first kappa shape index (κ1) is 22.2. The average molecular weight is 493 g/mol. The number of hydrogen-bond donors (Lipinski definition) is 2. The maximum atomic E-state index is 5.82. The summed E-state index contributed by atoms with van der Waals surface area (Å²) in [6.07, 6.45) is 0.928. The van der Waals surface area contributed by atoms with E-state index >= 15 is 0 Å². The molecule has 0 atom stereocenters. The predicted octanol–water partition coefficient (Wildman–Crippen LogP) is 5.31. The Hall–Kier alpha value is -2.52. The van der Waals surface area contributed by atoms with Crippen molar-refractivity contribution in [2.45, 2.75) is 26.8 Å². The second-order valence-corrected chi connectivity index (χ2v) is 7.64. The molecule has 0 aliphatic heterocycles. The normalized spacial score (nSPS) is 10.7. The minimum atomic E-state index is 0.458. The van der Waals surface area contributed by atoms with Crippen molar-refractivity contribution < 1.29 is 14.2 Å². The molecule has 30 heavy (non-hydrogen) atoms. The molecular weight excluding hydrogens is 468 g/mol. The van der Waals surface area contributed by atoms with Crippen LogP contribution in [-0.4, -0.2) is 35.2 Å². The largest absolute Gasteiger partial charge is 0.496 e. The first-order valence-electron chi connectivity index (χ1n) is 9.71. The lowest BCUT2D eigenvalue weighted by molar-refractivity contribution is 0.276. The van der Waals surface area contributed by atoms with E-state index in [0.717, 1.165) is 27.8 Å². The third-order valence-electron chi connectivity index (χ3n) is 4.32. The molecule has 0 amide bonds. The molecule has 7 nitrogen and oxygen atoms in total. The summed E-state index contributed by atoms with van der Waals surface area (Å²) in [5, 5.41) is 7.21. The summed E-state index contributed by atoms with van der Waals surface area (Å²) in [5.41, 5.74) is 5.16. The molecule has 3 aromatic rings. The van der Waals surface area contributed by atoms with Gasteiger partial charge >= 0.3 is 0 Å². The molecule has 0 spiro atoms. The maximum Gasteiger partial charge on any atom is 0.214 e. The third-order valence-corrected chi connectivity index (χ3v) is 5.33. The van der Waals surface area contributed by atoms with E-state index in [-0.39, 0.29) is 0 Å². The van der Waals surface area contributed by atoms with Gasteiger partial charge in [0.2, 0.25) is 4.77 Å². The van der Waals surface area contributed by atoms with Crippen molar-refractivity contribution >= 4 is 28.1 Å². The van der Waals surface area contributed by atoms with E-state index in [9.17, 15) is 0 Å². The van der Waals surface area contributed by atoms with Gasteiger partial charge in [0.15, 0.2) is 17.3 Å². The number of ether oxygens (including phenoxy) is 3. The highest BCUT2D eigenvalue weighted by Crippen LogP contribution is 2.34. The van der Waals surface area contributed by atoms with E-state index in [1.54, 1.807) is 11.8 Å². The van der Waals surface area contributed by atoms with Crippen LogP contribution in [0.3, 0.4) is 0 Å². The van der Waals surface area contributed by atoms with Gasteiger partial charge in [-0.2, -0.15) is 5.10 Å². The summed E-state index contributed by atoms with van der Waals surface area (Å²) in [7, 11) is 1.63. The van der Waals surface area contributed by atoms with Crippen LogP contribution in [0.15, 0.2) is 40.9 Å². The molecule has 1 aromatic heterocycles. The van der Waals surface area contributed by atoms with Crippen molar-refractivity contribution in [1.82, 2.24) is 14.9 Å². The highest BCUT2D eigenvalue weighted by atomic mass is 79.9. The van der Waals surface area contributed by atoms with Crippen LogP contribution in [0.1, 0.15) is 25.8 Å². The van der Waals surface area contributed by atoms with Crippen LogP contribution in [0, 0.1) is 4.77 Å². The summed E-state index contributed by atoms with van der Waals surface area (Å²) in [5.74, 6) is 2.80. The van der Waals surface area contributed by atoms with E-state index < -0.39 is 0 Å². The lowest BCUT2D eigenvalue weighted by atomic mass is 10.2.